The molecule has 1 aromatic carbocycles. The first-order valence-electron chi connectivity index (χ1n) is 16.1. The third-order valence-corrected chi connectivity index (χ3v) is 8.68. The number of ether oxygens (including phenoxy) is 7. The highest BCUT2D eigenvalue weighted by atomic mass is 16.8. The largest absolute Gasteiger partial charge is 0.445 e. The van der Waals surface area contributed by atoms with Crippen molar-refractivity contribution in [2.24, 2.45) is 0 Å². The Bertz CT molecular complexity index is 1210. The van der Waals surface area contributed by atoms with Crippen molar-refractivity contribution < 1.29 is 94.1 Å². The number of rotatable bonds is 15. The number of hydrogen-bond acceptors (Lipinski definition) is 19. The summed E-state index contributed by atoms with van der Waals surface area (Å²) >= 11 is 0. The van der Waals surface area contributed by atoms with Crippen LogP contribution in [0, 0.1) is 0 Å². The van der Waals surface area contributed by atoms with Gasteiger partial charge in [-0.25, -0.2) is 4.79 Å². The lowest BCUT2D eigenvalue weighted by atomic mass is 9.96. The average molecular weight is 738 g/mol. The fourth-order valence-corrected chi connectivity index (χ4v) is 5.69. The summed E-state index contributed by atoms with van der Waals surface area (Å²) in [5.74, 6) is 0. The minimum Gasteiger partial charge on any atom is -0.445 e. The number of nitrogens with one attached hydrogen (secondary N) is 1. The molecule has 0 aromatic heterocycles. The molecule has 1 aromatic rings. The standard InChI is InChI=1S/C31H47NO19/c1-2-15(36)14(32-31(44)46-11-13-6-4-3-5-7-13)12-45-28-24(42)21(39)26(17(9-34)48-28)51-30-25(43)22(40)27(18(10-35)49-30)50-29-23(41)20(38)19(37)16(8-33)47-29/h2-7,14-30,33-43H,1,8-12H2,(H,32,44)/t14-,15+,16?,17?,18?,19-,20-,21+,22+,23-,24-,25-,26+,27-,28?,29?,30?/m0/s1. The summed E-state index contributed by atoms with van der Waals surface area (Å²) in [7, 11) is 0. The van der Waals surface area contributed by atoms with Gasteiger partial charge in [0.25, 0.3) is 0 Å². The molecular formula is C31H47NO19. The number of amides is 1. The zero-order valence-electron chi connectivity index (χ0n) is 27.2. The van der Waals surface area contributed by atoms with Crippen LogP contribution in [0.5, 0.6) is 0 Å². The Balaban J connectivity index is 1.36. The Morgan fingerprint density at radius 1 is 0.725 bits per heavy atom. The number of benzene rings is 1. The van der Waals surface area contributed by atoms with Crippen molar-refractivity contribution in [3.8, 4) is 0 Å². The van der Waals surface area contributed by atoms with Crippen LogP contribution >= 0.6 is 0 Å². The molecule has 0 spiro atoms. The first-order valence-corrected chi connectivity index (χ1v) is 16.1. The number of carbonyl (C=O) groups is 1. The van der Waals surface area contributed by atoms with Crippen LogP contribution in [0.1, 0.15) is 5.56 Å². The highest BCUT2D eigenvalue weighted by Gasteiger charge is 2.53. The summed E-state index contributed by atoms with van der Waals surface area (Å²) in [5, 5.41) is 116. The monoisotopic (exact) mass is 737 g/mol. The van der Waals surface area contributed by atoms with Crippen molar-refractivity contribution >= 4 is 6.09 Å². The zero-order chi connectivity index (χ0) is 37.4. The maximum Gasteiger partial charge on any atom is 0.407 e. The molecule has 3 saturated heterocycles. The van der Waals surface area contributed by atoms with Crippen LogP contribution in [0.3, 0.4) is 0 Å². The van der Waals surface area contributed by atoms with E-state index in [0.29, 0.717) is 5.56 Å². The quantitative estimate of drug-likeness (QED) is 0.0746. The molecule has 3 aliphatic rings. The molecule has 6 unspecified atom stereocenters. The predicted molar refractivity (Wildman–Crippen MR) is 165 cm³/mol. The minimum absolute atomic E-state index is 0.0674. The summed E-state index contributed by atoms with van der Waals surface area (Å²) in [5.41, 5.74) is 0.707. The molecule has 20 heteroatoms. The fraction of sp³-hybridized carbons (Fsp3) is 0.710. The van der Waals surface area contributed by atoms with Crippen LogP contribution in [0.15, 0.2) is 43.0 Å². The maximum atomic E-state index is 12.4. The van der Waals surface area contributed by atoms with Crippen molar-refractivity contribution in [2.45, 2.75) is 111 Å². The van der Waals surface area contributed by atoms with E-state index in [1.165, 1.54) is 0 Å². The van der Waals surface area contributed by atoms with E-state index in [2.05, 4.69) is 11.9 Å². The molecule has 51 heavy (non-hydrogen) atoms. The van der Waals surface area contributed by atoms with Crippen molar-refractivity contribution in [2.75, 3.05) is 26.4 Å². The molecule has 17 atom stereocenters. The summed E-state index contributed by atoms with van der Waals surface area (Å²) in [4.78, 5) is 12.4. The van der Waals surface area contributed by atoms with Crippen molar-refractivity contribution in [1.82, 2.24) is 5.32 Å². The smallest absolute Gasteiger partial charge is 0.407 e. The Kier molecular flexibility index (Phi) is 15.4. The van der Waals surface area contributed by atoms with Crippen LogP contribution in [-0.4, -0.2) is 193 Å². The Morgan fingerprint density at radius 3 is 1.75 bits per heavy atom. The maximum absolute atomic E-state index is 12.4. The van der Waals surface area contributed by atoms with Crippen molar-refractivity contribution in [1.29, 1.82) is 0 Å². The second-order valence-corrected chi connectivity index (χ2v) is 12.2. The van der Waals surface area contributed by atoms with E-state index in [-0.39, 0.29) is 6.61 Å². The lowest BCUT2D eigenvalue weighted by Gasteiger charge is -2.48. The first kappa shape index (κ1) is 41.3. The third kappa shape index (κ3) is 9.96. The van der Waals surface area contributed by atoms with Gasteiger partial charge in [0.2, 0.25) is 0 Å². The number of carbonyl (C=O) groups excluding carboxylic acids is 1. The topological polar surface area (TPSA) is 316 Å². The Hall–Kier alpha value is -2.45. The molecule has 0 bridgehead atoms. The van der Waals surface area contributed by atoms with Gasteiger partial charge in [-0.05, 0) is 5.56 Å². The number of hydrogen-bond donors (Lipinski definition) is 12. The van der Waals surface area contributed by atoms with E-state index < -0.39 is 137 Å². The van der Waals surface area contributed by atoms with Crippen LogP contribution in [0.2, 0.25) is 0 Å². The van der Waals surface area contributed by atoms with Crippen LogP contribution in [0.25, 0.3) is 0 Å². The lowest BCUT2D eigenvalue weighted by Crippen LogP contribution is -2.66. The summed E-state index contributed by atoms with van der Waals surface area (Å²) < 4.78 is 38.3. The van der Waals surface area contributed by atoms with Crippen LogP contribution < -0.4 is 5.32 Å². The molecule has 3 fully saturated rings. The van der Waals surface area contributed by atoms with Gasteiger partial charge in [0.1, 0.15) is 79.9 Å². The van der Waals surface area contributed by atoms with Gasteiger partial charge in [-0.3, -0.25) is 0 Å². The average Bonchev–Trinajstić information content (AvgIpc) is 3.14. The van der Waals surface area contributed by atoms with Gasteiger partial charge in [-0.1, -0.05) is 36.4 Å². The summed E-state index contributed by atoms with van der Waals surface area (Å²) in [6.45, 7) is 0.425. The highest BCUT2D eigenvalue weighted by Crippen LogP contribution is 2.32. The molecular weight excluding hydrogens is 690 g/mol. The normalized spacial score (nSPS) is 39.9. The predicted octanol–water partition coefficient (Wildman–Crippen LogP) is -5.71. The van der Waals surface area contributed by atoms with Gasteiger partial charge in [-0.15, -0.1) is 6.58 Å². The molecule has 4 rings (SSSR count). The molecule has 3 aliphatic heterocycles. The highest BCUT2D eigenvalue weighted by molar-refractivity contribution is 5.67. The van der Waals surface area contributed by atoms with E-state index in [9.17, 15) is 61.0 Å². The van der Waals surface area contributed by atoms with Gasteiger partial charge < -0.3 is 94.6 Å². The molecule has 0 radical (unpaired) electrons. The van der Waals surface area contributed by atoms with Crippen LogP contribution in [-0.2, 0) is 39.8 Å². The zero-order valence-corrected chi connectivity index (χ0v) is 27.2. The number of aliphatic hydroxyl groups is 11. The molecule has 3 heterocycles. The second-order valence-electron chi connectivity index (χ2n) is 12.2. The number of aliphatic hydroxyl groups excluding tert-OH is 11. The Labute approximate surface area is 291 Å². The Morgan fingerprint density at radius 2 is 1.22 bits per heavy atom. The fourth-order valence-electron chi connectivity index (χ4n) is 5.69. The SMILES string of the molecule is C=C[C@@H](O)[C@H](COC1OC(CO)[C@@H](OC2OC(CO)[C@H](OC3OC(CO)[C@H](O)[C@H](O)[C@@H]3O)[C@H](O)[C@@H]2O)[C@H](O)[C@@H]1O)NC(=O)OCc1ccccc1. The van der Waals surface area contributed by atoms with E-state index >= 15 is 0 Å². The van der Waals surface area contributed by atoms with E-state index in [1.807, 2.05) is 0 Å². The molecule has 12 N–H and O–H groups in total. The number of alkyl carbamates (subject to hydrolysis) is 1. The van der Waals surface area contributed by atoms with E-state index in [4.69, 9.17) is 33.2 Å². The van der Waals surface area contributed by atoms with E-state index in [1.54, 1.807) is 30.3 Å². The molecule has 0 saturated carbocycles. The minimum atomic E-state index is -1.99. The molecule has 20 nitrogen and oxygen atoms in total. The molecule has 1 amide bonds. The van der Waals surface area contributed by atoms with Gasteiger partial charge in [0, 0.05) is 0 Å². The van der Waals surface area contributed by atoms with Gasteiger partial charge in [-0.2, -0.15) is 0 Å². The first-order chi connectivity index (χ1) is 24.3. The van der Waals surface area contributed by atoms with E-state index in [0.717, 1.165) is 6.08 Å². The van der Waals surface area contributed by atoms with Gasteiger partial charge >= 0.3 is 6.09 Å². The second kappa shape index (κ2) is 19.0. The van der Waals surface area contributed by atoms with Gasteiger partial charge in [0.05, 0.1) is 38.6 Å². The van der Waals surface area contributed by atoms with Crippen molar-refractivity contribution in [3.63, 3.8) is 0 Å². The third-order valence-electron chi connectivity index (χ3n) is 8.68. The van der Waals surface area contributed by atoms with Crippen molar-refractivity contribution in [3.05, 3.63) is 48.6 Å². The molecule has 0 aliphatic carbocycles. The van der Waals surface area contributed by atoms with Crippen LogP contribution in [0.4, 0.5) is 4.79 Å². The van der Waals surface area contributed by atoms with Gasteiger partial charge in [0.15, 0.2) is 18.9 Å². The molecule has 290 valence electrons. The summed E-state index contributed by atoms with van der Waals surface area (Å²) in [6.07, 6.45) is -27.1. The lowest BCUT2D eigenvalue weighted by molar-refractivity contribution is -0.379. The summed E-state index contributed by atoms with van der Waals surface area (Å²) in [6, 6.07) is 7.62.